The van der Waals surface area contributed by atoms with Crippen molar-refractivity contribution < 1.29 is 9.59 Å². The monoisotopic (exact) mass is 456 g/mol. The highest BCUT2D eigenvalue weighted by molar-refractivity contribution is 8.03. The van der Waals surface area contributed by atoms with E-state index in [0.717, 1.165) is 5.56 Å². The zero-order valence-corrected chi connectivity index (χ0v) is 18.7. The van der Waals surface area contributed by atoms with E-state index < -0.39 is 5.92 Å². The molecule has 1 heterocycles. The van der Waals surface area contributed by atoms with Gasteiger partial charge in [0, 0.05) is 21.9 Å². The molecule has 30 heavy (non-hydrogen) atoms. The molecule has 0 saturated carbocycles. The first-order chi connectivity index (χ1) is 14.3. The number of ketones is 2. The Morgan fingerprint density at radius 2 is 1.80 bits per heavy atom. The summed E-state index contributed by atoms with van der Waals surface area (Å²) in [6.07, 6.45) is 0. The largest absolute Gasteiger partial charge is 0.353 e. The molecular formula is C23H18Cl2N2O2S. The molecule has 7 heteroatoms. The second kappa shape index (κ2) is 9.53. The Labute approximate surface area is 189 Å². The minimum atomic E-state index is -0.524. The zero-order chi connectivity index (χ0) is 21.8. The van der Waals surface area contributed by atoms with Crippen molar-refractivity contribution in [1.82, 2.24) is 5.32 Å². The fourth-order valence-corrected chi connectivity index (χ4v) is 4.73. The SMILES string of the molecule is CC(=O)C1=C(C)NC(SCC(=O)c2ccccc2Cl)=C(C#N)[C@@H]1c1ccc(Cl)cc1. The number of Topliss-reactive ketones (excluding diaryl/α,β-unsaturated/α-hetero) is 2. The quantitative estimate of drug-likeness (QED) is 0.548. The number of halogens is 2. The van der Waals surface area contributed by atoms with Gasteiger partial charge in [0.05, 0.1) is 33.4 Å². The van der Waals surface area contributed by atoms with Crippen molar-refractivity contribution in [3.05, 3.63) is 91.6 Å². The number of nitrogens with zero attached hydrogens (tertiary/aromatic N) is 1. The smallest absolute Gasteiger partial charge is 0.174 e. The molecule has 3 rings (SSSR count). The molecule has 0 bridgehead atoms. The molecule has 152 valence electrons. The van der Waals surface area contributed by atoms with Gasteiger partial charge in [0.15, 0.2) is 11.6 Å². The van der Waals surface area contributed by atoms with Crippen molar-refractivity contribution in [3.8, 4) is 6.07 Å². The molecule has 0 aromatic heterocycles. The predicted octanol–water partition coefficient (Wildman–Crippen LogP) is 5.89. The van der Waals surface area contributed by atoms with Gasteiger partial charge in [-0.1, -0.05) is 59.2 Å². The van der Waals surface area contributed by atoms with E-state index in [4.69, 9.17) is 23.2 Å². The maximum atomic E-state index is 12.6. The number of carbonyl (C=O) groups is 2. The number of nitriles is 1. The molecule has 1 N–H and O–H groups in total. The summed E-state index contributed by atoms with van der Waals surface area (Å²) < 4.78 is 0. The molecule has 0 aliphatic carbocycles. The third-order valence-corrected chi connectivity index (χ3v) is 6.35. The Morgan fingerprint density at radius 1 is 1.13 bits per heavy atom. The van der Waals surface area contributed by atoms with Gasteiger partial charge in [0.25, 0.3) is 0 Å². The fourth-order valence-electron chi connectivity index (χ4n) is 3.38. The first-order valence-corrected chi connectivity index (χ1v) is 10.9. The van der Waals surface area contributed by atoms with Gasteiger partial charge in [-0.2, -0.15) is 5.26 Å². The van der Waals surface area contributed by atoms with Gasteiger partial charge in [-0.3, -0.25) is 9.59 Å². The Kier molecular flexibility index (Phi) is 7.04. The number of dihydropyridines is 1. The molecule has 1 aliphatic rings. The molecular weight excluding hydrogens is 439 g/mol. The van der Waals surface area contributed by atoms with Crippen LogP contribution >= 0.6 is 35.0 Å². The minimum Gasteiger partial charge on any atom is -0.353 e. The average Bonchev–Trinajstić information content (AvgIpc) is 2.72. The summed E-state index contributed by atoms with van der Waals surface area (Å²) in [5.41, 5.74) is 2.81. The van der Waals surface area contributed by atoms with Crippen LogP contribution in [0.25, 0.3) is 0 Å². The highest BCUT2D eigenvalue weighted by Gasteiger charge is 2.33. The van der Waals surface area contributed by atoms with Gasteiger partial charge in [0.2, 0.25) is 0 Å². The highest BCUT2D eigenvalue weighted by Crippen LogP contribution is 2.41. The molecule has 2 aromatic carbocycles. The molecule has 1 atom stereocenters. The number of allylic oxidation sites excluding steroid dienone is 3. The topological polar surface area (TPSA) is 70.0 Å². The summed E-state index contributed by atoms with van der Waals surface area (Å²) in [6.45, 7) is 3.28. The summed E-state index contributed by atoms with van der Waals surface area (Å²) >= 11 is 13.4. The normalized spacial score (nSPS) is 16.2. The van der Waals surface area contributed by atoms with Crippen molar-refractivity contribution >= 4 is 46.5 Å². The molecule has 0 spiro atoms. The number of nitrogens with one attached hydrogen (secondary N) is 1. The standard InChI is InChI=1S/C23H18Cl2N2O2S/c1-13-21(14(2)28)22(15-7-9-16(24)10-8-15)18(11-26)23(27-13)30-12-20(29)17-5-3-4-6-19(17)25/h3-10,22,27H,12H2,1-2H3/t22-/m0/s1. The summed E-state index contributed by atoms with van der Waals surface area (Å²) in [5.74, 6) is -0.681. The van der Waals surface area contributed by atoms with E-state index in [1.807, 2.05) is 12.1 Å². The van der Waals surface area contributed by atoms with Crippen molar-refractivity contribution in [2.45, 2.75) is 19.8 Å². The van der Waals surface area contributed by atoms with Crippen LogP contribution in [0.4, 0.5) is 0 Å². The van der Waals surface area contributed by atoms with Gasteiger partial charge in [0.1, 0.15) is 0 Å². The molecule has 1 aliphatic heterocycles. The first-order valence-electron chi connectivity index (χ1n) is 9.12. The van der Waals surface area contributed by atoms with Crippen LogP contribution in [-0.2, 0) is 4.79 Å². The number of carbonyl (C=O) groups excluding carboxylic acids is 2. The molecule has 0 fully saturated rings. The number of rotatable bonds is 6. The minimum absolute atomic E-state index is 0.104. The van der Waals surface area contributed by atoms with Crippen LogP contribution < -0.4 is 5.32 Å². The number of hydrogen-bond donors (Lipinski definition) is 1. The predicted molar refractivity (Wildman–Crippen MR) is 122 cm³/mol. The van der Waals surface area contributed by atoms with Gasteiger partial charge >= 0.3 is 0 Å². The molecule has 2 aromatic rings. The molecule has 0 radical (unpaired) electrons. The Bertz CT molecular complexity index is 1110. The van der Waals surface area contributed by atoms with Crippen LogP contribution in [0.2, 0.25) is 10.0 Å². The Hall–Kier alpha value is -2.52. The summed E-state index contributed by atoms with van der Waals surface area (Å²) in [4.78, 5) is 25.0. The van der Waals surface area contributed by atoms with Crippen LogP contribution in [0.3, 0.4) is 0 Å². The third kappa shape index (κ3) is 4.62. The van der Waals surface area contributed by atoms with Crippen LogP contribution in [0, 0.1) is 11.3 Å². The van der Waals surface area contributed by atoms with E-state index in [1.165, 1.54) is 18.7 Å². The van der Waals surface area contributed by atoms with E-state index >= 15 is 0 Å². The van der Waals surface area contributed by atoms with Gasteiger partial charge < -0.3 is 5.32 Å². The second-order valence-electron chi connectivity index (χ2n) is 6.75. The zero-order valence-electron chi connectivity index (χ0n) is 16.3. The summed E-state index contributed by atoms with van der Waals surface area (Å²) in [7, 11) is 0. The fraction of sp³-hybridized carbons (Fsp3) is 0.174. The highest BCUT2D eigenvalue weighted by atomic mass is 35.5. The molecule has 0 amide bonds. The van der Waals surface area contributed by atoms with Gasteiger partial charge in [-0.05, 0) is 43.7 Å². The van der Waals surface area contributed by atoms with Gasteiger partial charge in [-0.15, -0.1) is 0 Å². The maximum absolute atomic E-state index is 12.6. The Morgan fingerprint density at radius 3 is 2.40 bits per heavy atom. The van der Waals surface area contributed by atoms with E-state index in [9.17, 15) is 14.9 Å². The molecule has 0 unspecified atom stereocenters. The van der Waals surface area contributed by atoms with E-state index in [-0.39, 0.29) is 17.3 Å². The maximum Gasteiger partial charge on any atom is 0.174 e. The van der Waals surface area contributed by atoms with Crippen LogP contribution in [-0.4, -0.2) is 17.3 Å². The lowest BCUT2D eigenvalue weighted by Gasteiger charge is -2.29. The average molecular weight is 457 g/mol. The Balaban J connectivity index is 1.97. The van der Waals surface area contributed by atoms with Gasteiger partial charge in [-0.25, -0.2) is 0 Å². The van der Waals surface area contributed by atoms with E-state index in [2.05, 4.69) is 11.4 Å². The third-order valence-electron chi connectivity index (χ3n) is 4.75. The van der Waals surface area contributed by atoms with Crippen LogP contribution in [0.1, 0.15) is 35.7 Å². The summed E-state index contributed by atoms with van der Waals surface area (Å²) in [6, 6.07) is 16.2. The second-order valence-corrected chi connectivity index (χ2v) is 8.58. The van der Waals surface area contributed by atoms with Crippen molar-refractivity contribution in [2.24, 2.45) is 0 Å². The lowest BCUT2D eigenvalue weighted by molar-refractivity contribution is -0.113. The first kappa shape index (κ1) is 22.2. The van der Waals surface area contributed by atoms with Crippen molar-refractivity contribution in [3.63, 3.8) is 0 Å². The van der Waals surface area contributed by atoms with Crippen molar-refractivity contribution in [2.75, 3.05) is 5.75 Å². The van der Waals surface area contributed by atoms with Crippen LogP contribution in [0.15, 0.2) is 70.4 Å². The number of benzene rings is 2. The van der Waals surface area contributed by atoms with Crippen molar-refractivity contribution in [1.29, 1.82) is 5.26 Å². The molecule has 0 saturated heterocycles. The van der Waals surface area contributed by atoms with E-state index in [0.29, 0.717) is 37.5 Å². The summed E-state index contributed by atoms with van der Waals surface area (Å²) in [5, 5.41) is 14.6. The number of thioether (sulfide) groups is 1. The van der Waals surface area contributed by atoms with E-state index in [1.54, 1.807) is 43.3 Å². The number of hydrogen-bond acceptors (Lipinski definition) is 5. The molecule has 4 nitrogen and oxygen atoms in total. The lowest BCUT2D eigenvalue weighted by atomic mass is 9.81. The lowest BCUT2D eigenvalue weighted by Crippen LogP contribution is -2.27. The van der Waals surface area contributed by atoms with Crippen LogP contribution in [0.5, 0.6) is 0 Å².